The topological polar surface area (TPSA) is 24.5 Å². The Bertz CT molecular complexity index is 437. The minimum Gasteiger partial charge on any atom is -0.496 e. The third-order valence-electron chi connectivity index (χ3n) is 4.54. The second-order valence-corrected chi connectivity index (χ2v) is 6.03. The number of methoxy groups -OCH3 is 1. The normalized spacial score (nSPS) is 23.9. The van der Waals surface area contributed by atoms with E-state index < -0.39 is 0 Å². The highest BCUT2D eigenvalue weighted by Crippen LogP contribution is 2.37. The zero-order valence-electron chi connectivity index (χ0n) is 13.4. The van der Waals surface area contributed by atoms with Gasteiger partial charge >= 0.3 is 0 Å². The highest BCUT2D eigenvalue weighted by molar-refractivity contribution is 5.61. The summed E-state index contributed by atoms with van der Waals surface area (Å²) < 4.78 is 5.60. The Kier molecular flexibility index (Phi) is 4.92. The van der Waals surface area contributed by atoms with Gasteiger partial charge in [0.2, 0.25) is 0 Å². The van der Waals surface area contributed by atoms with E-state index in [4.69, 9.17) is 4.74 Å². The smallest absolute Gasteiger partial charge is 0.125 e. The van der Waals surface area contributed by atoms with E-state index in [0.717, 1.165) is 37.2 Å². The Morgan fingerprint density at radius 1 is 1.30 bits per heavy atom. The van der Waals surface area contributed by atoms with Crippen molar-refractivity contribution in [2.24, 2.45) is 11.8 Å². The molecule has 1 aliphatic heterocycles. The highest BCUT2D eigenvalue weighted by atomic mass is 16.5. The molecule has 1 aromatic carbocycles. The molecule has 3 unspecified atom stereocenters. The first-order valence-corrected chi connectivity index (χ1v) is 7.73. The number of ether oxygens (including phenoxy) is 1. The van der Waals surface area contributed by atoms with E-state index >= 15 is 0 Å². The van der Waals surface area contributed by atoms with Gasteiger partial charge in [-0.2, -0.15) is 0 Å². The maximum absolute atomic E-state index is 5.60. The van der Waals surface area contributed by atoms with Crippen molar-refractivity contribution in [1.29, 1.82) is 0 Å². The summed E-state index contributed by atoms with van der Waals surface area (Å²) in [5, 5.41) is 3.52. The van der Waals surface area contributed by atoms with Gasteiger partial charge in [-0.15, -0.1) is 0 Å². The molecule has 3 atom stereocenters. The monoisotopic (exact) mass is 276 g/mol. The van der Waals surface area contributed by atoms with Gasteiger partial charge in [0, 0.05) is 30.4 Å². The van der Waals surface area contributed by atoms with Crippen molar-refractivity contribution in [3.05, 3.63) is 23.8 Å². The predicted molar refractivity (Wildman–Crippen MR) is 85.6 cm³/mol. The fourth-order valence-corrected chi connectivity index (χ4v) is 3.16. The number of hydrogen-bond acceptors (Lipinski definition) is 3. The Balaban J connectivity index is 2.37. The van der Waals surface area contributed by atoms with Crippen molar-refractivity contribution in [2.45, 2.75) is 33.7 Å². The number of anilines is 1. The van der Waals surface area contributed by atoms with Gasteiger partial charge in [0.1, 0.15) is 5.75 Å². The minimum absolute atomic E-state index is 0.303. The van der Waals surface area contributed by atoms with Gasteiger partial charge in [0.25, 0.3) is 0 Å². The average molecular weight is 276 g/mol. The Hall–Kier alpha value is -1.22. The Morgan fingerprint density at radius 2 is 1.95 bits per heavy atom. The van der Waals surface area contributed by atoms with Crippen molar-refractivity contribution in [3.8, 4) is 5.75 Å². The van der Waals surface area contributed by atoms with Gasteiger partial charge in [-0.25, -0.2) is 0 Å². The summed E-state index contributed by atoms with van der Waals surface area (Å²) in [7, 11) is 1.76. The molecule has 0 bridgehead atoms. The fraction of sp³-hybridized carbons (Fsp3) is 0.647. The maximum Gasteiger partial charge on any atom is 0.125 e. The van der Waals surface area contributed by atoms with E-state index in [2.05, 4.69) is 56.1 Å². The SMILES string of the molecule is CCNC(C)c1c(OC)cccc1N1CC(C)C(C)C1. The second-order valence-electron chi connectivity index (χ2n) is 6.03. The van der Waals surface area contributed by atoms with Crippen molar-refractivity contribution >= 4 is 5.69 Å². The fourth-order valence-electron chi connectivity index (χ4n) is 3.16. The average Bonchev–Trinajstić information content (AvgIpc) is 2.78. The molecule has 0 aliphatic carbocycles. The van der Waals surface area contributed by atoms with E-state index in [-0.39, 0.29) is 0 Å². The largest absolute Gasteiger partial charge is 0.496 e. The van der Waals surface area contributed by atoms with Crippen LogP contribution in [-0.4, -0.2) is 26.7 Å². The lowest BCUT2D eigenvalue weighted by Crippen LogP contribution is -2.25. The van der Waals surface area contributed by atoms with Crippen LogP contribution in [0.4, 0.5) is 5.69 Å². The standard InChI is InChI=1S/C17H28N2O/c1-6-18-14(4)17-15(8-7-9-16(17)20-5)19-10-12(2)13(3)11-19/h7-9,12-14,18H,6,10-11H2,1-5H3. The van der Waals surface area contributed by atoms with Gasteiger partial charge in [0.15, 0.2) is 0 Å². The molecule has 0 amide bonds. The quantitative estimate of drug-likeness (QED) is 0.891. The van der Waals surface area contributed by atoms with Crippen LogP contribution in [0.2, 0.25) is 0 Å². The number of rotatable bonds is 5. The van der Waals surface area contributed by atoms with Crippen LogP contribution in [0.5, 0.6) is 5.75 Å². The molecule has 1 aliphatic rings. The van der Waals surface area contributed by atoms with Gasteiger partial charge in [-0.05, 0) is 37.4 Å². The Labute approximate surface area is 123 Å². The number of benzene rings is 1. The van der Waals surface area contributed by atoms with Crippen LogP contribution < -0.4 is 15.0 Å². The van der Waals surface area contributed by atoms with E-state index in [9.17, 15) is 0 Å². The van der Waals surface area contributed by atoms with E-state index in [1.165, 1.54) is 11.3 Å². The first-order chi connectivity index (χ1) is 9.58. The molecule has 1 saturated heterocycles. The molecule has 1 heterocycles. The van der Waals surface area contributed by atoms with Crippen LogP contribution in [0.1, 0.15) is 39.3 Å². The number of hydrogen-bond donors (Lipinski definition) is 1. The lowest BCUT2D eigenvalue weighted by atomic mass is 10.0. The summed E-state index contributed by atoms with van der Waals surface area (Å²) >= 11 is 0. The molecule has 1 aromatic rings. The molecule has 3 heteroatoms. The predicted octanol–water partition coefficient (Wildman–Crippen LogP) is 3.46. The zero-order valence-corrected chi connectivity index (χ0v) is 13.4. The van der Waals surface area contributed by atoms with Crippen LogP contribution >= 0.6 is 0 Å². The van der Waals surface area contributed by atoms with Gasteiger partial charge < -0.3 is 15.0 Å². The molecule has 0 aromatic heterocycles. The lowest BCUT2D eigenvalue weighted by Gasteiger charge is -2.27. The number of nitrogens with zero attached hydrogens (tertiary/aromatic N) is 1. The van der Waals surface area contributed by atoms with E-state index in [1.807, 2.05) is 0 Å². The van der Waals surface area contributed by atoms with Crippen molar-refractivity contribution in [2.75, 3.05) is 31.6 Å². The summed E-state index contributed by atoms with van der Waals surface area (Å²) in [6.07, 6.45) is 0. The summed E-state index contributed by atoms with van der Waals surface area (Å²) in [6, 6.07) is 6.70. The zero-order chi connectivity index (χ0) is 14.7. The molecule has 2 rings (SSSR count). The molecule has 1 fully saturated rings. The molecule has 0 radical (unpaired) electrons. The molecular weight excluding hydrogens is 248 g/mol. The van der Waals surface area contributed by atoms with Gasteiger partial charge in [0.05, 0.1) is 7.11 Å². The highest BCUT2D eigenvalue weighted by Gasteiger charge is 2.29. The summed E-state index contributed by atoms with van der Waals surface area (Å²) in [6.45, 7) is 12.3. The molecule has 0 saturated carbocycles. The Morgan fingerprint density at radius 3 is 2.50 bits per heavy atom. The van der Waals surface area contributed by atoms with Crippen LogP contribution in [0, 0.1) is 11.8 Å². The molecule has 3 nitrogen and oxygen atoms in total. The summed E-state index contributed by atoms with van der Waals surface area (Å²) in [4.78, 5) is 2.51. The molecule has 20 heavy (non-hydrogen) atoms. The van der Waals surface area contributed by atoms with Crippen molar-refractivity contribution in [1.82, 2.24) is 5.32 Å². The van der Waals surface area contributed by atoms with Crippen LogP contribution in [0.15, 0.2) is 18.2 Å². The third kappa shape index (κ3) is 2.93. The van der Waals surface area contributed by atoms with E-state index in [0.29, 0.717) is 6.04 Å². The van der Waals surface area contributed by atoms with Crippen LogP contribution in [-0.2, 0) is 0 Å². The maximum atomic E-state index is 5.60. The lowest BCUT2D eigenvalue weighted by molar-refractivity contribution is 0.402. The van der Waals surface area contributed by atoms with Gasteiger partial charge in [-0.1, -0.05) is 26.8 Å². The first kappa shape index (κ1) is 15.2. The minimum atomic E-state index is 0.303. The molecule has 0 spiro atoms. The van der Waals surface area contributed by atoms with Crippen molar-refractivity contribution < 1.29 is 4.74 Å². The molecule has 1 N–H and O–H groups in total. The second kappa shape index (κ2) is 6.49. The van der Waals surface area contributed by atoms with Gasteiger partial charge in [-0.3, -0.25) is 0 Å². The molecule has 112 valence electrons. The number of nitrogens with one attached hydrogen (secondary N) is 1. The van der Waals surface area contributed by atoms with Crippen molar-refractivity contribution in [3.63, 3.8) is 0 Å². The first-order valence-electron chi connectivity index (χ1n) is 7.73. The third-order valence-corrected chi connectivity index (χ3v) is 4.54. The van der Waals surface area contributed by atoms with Crippen LogP contribution in [0.25, 0.3) is 0 Å². The van der Waals surface area contributed by atoms with E-state index in [1.54, 1.807) is 7.11 Å². The molecular formula is C17H28N2O. The summed E-state index contributed by atoms with van der Waals surface area (Å²) in [5.41, 5.74) is 2.62. The van der Waals surface area contributed by atoms with Crippen LogP contribution in [0.3, 0.4) is 0 Å². The summed E-state index contributed by atoms with van der Waals surface area (Å²) in [5.74, 6) is 2.50.